The van der Waals surface area contributed by atoms with Gasteiger partial charge in [-0.15, -0.1) is 0 Å². The van der Waals surface area contributed by atoms with Crippen LogP contribution in [0, 0.1) is 6.92 Å². The van der Waals surface area contributed by atoms with E-state index >= 15 is 0 Å². The Labute approximate surface area is 69.6 Å². The van der Waals surface area contributed by atoms with Gasteiger partial charge in [-0.1, -0.05) is 29.8 Å². The molecule has 1 rings (SSSR count). The highest BCUT2D eigenvalue weighted by atomic mass is 19.1. The van der Waals surface area contributed by atoms with Gasteiger partial charge in [-0.25, -0.2) is 9.18 Å². The fraction of sp³-hybridized carbons (Fsp3) is 0.222. The van der Waals surface area contributed by atoms with Gasteiger partial charge in [0, 0.05) is 0 Å². The predicted molar refractivity (Wildman–Crippen MR) is 42.7 cm³/mol. The minimum absolute atomic E-state index is 0.197. The van der Waals surface area contributed by atoms with E-state index < -0.39 is 12.1 Å². The number of hydrogen-bond donors (Lipinski definition) is 1. The molecule has 0 aliphatic heterocycles. The van der Waals surface area contributed by atoms with E-state index in [9.17, 15) is 9.18 Å². The molecule has 0 aromatic heterocycles. The fourth-order valence-electron chi connectivity index (χ4n) is 0.970. The van der Waals surface area contributed by atoms with Gasteiger partial charge in [0.25, 0.3) is 0 Å². The van der Waals surface area contributed by atoms with Crippen LogP contribution >= 0.6 is 0 Å². The maximum Gasteiger partial charge on any atom is 0.343 e. The molecule has 12 heavy (non-hydrogen) atoms. The minimum atomic E-state index is -1.91. The van der Waals surface area contributed by atoms with E-state index in [1.807, 2.05) is 0 Å². The molecule has 0 heterocycles. The first-order chi connectivity index (χ1) is 5.61. The second-order valence-electron chi connectivity index (χ2n) is 2.61. The zero-order chi connectivity index (χ0) is 9.14. The Morgan fingerprint density at radius 2 is 2.25 bits per heavy atom. The number of benzene rings is 1. The van der Waals surface area contributed by atoms with Gasteiger partial charge in [-0.3, -0.25) is 0 Å². The molecule has 0 saturated carbocycles. The zero-order valence-electron chi connectivity index (χ0n) is 6.62. The van der Waals surface area contributed by atoms with Crippen molar-refractivity contribution in [3.8, 4) is 0 Å². The Kier molecular flexibility index (Phi) is 2.43. The summed E-state index contributed by atoms with van der Waals surface area (Å²) in [6, 6.07) is 6.42. The third-order valence-corrected chi connectivity index (χ3v) is 1.55. The zero-order valence-corrected chi connectivity index (χ0v) is 6.62. The van der Waals surface area contributed by atoms with Gasteiger partial charge >= 0.3 is 5.97 Å². The first kappa shape index (κ1) is 8.71. The van der Waals surface area contributed by atoms with Crippen molar-refractivity contribution in [1.82, 2.24) is 0 Å². The molecule has 1 atom stereocenters. The number of hydrogen-bond acceptors (Lipinski definition) is 1. The van der Waals surface area contributed by atoms with Crippen LogP contribution in [0.3, 0.4) is 0 Å². The molecule has 0 aliphatic carbocycles. The summed E-state index contributed by atoms with van der Waals surface area (Å²) in [4.78, 5) is 10.2. The normalized spacial score (nSPS) is 12.5. The van der Waals surface area contributed by atoms with Gasteiger partial charge in [-0.05, 0) is 12.5 Å². The van der Waals surface area contributed by atoms with Crippen molar-refractivity contribution in [1.29, 1.82) is 0 Å². The van der Waals surface area contributed by atoms with Crippen molar-refractivity contribution < 1.29 is 14.3 Å². The van der Waals surface area contributed by atoms with E-state index in [1.165, 1.54) is 12.1 Å². The SMILES string of the molecule is Cc1cccc(C(F)C(=O)O)c1. The van der Waals surface area contributed by atoms with Crippen LogP contribution in [0.5, 0.6) is 0 Å². The van der Waals surface area contributed by atoms with Crippen LogP contribution in [-0.4, -0.2) is 11.1 Å². The van der Waals surface area contributed by atoms with Crippen LogP contribution < -0.4 is 0 Å². The first-order valence-corrected chi connectivity index (χ1v) is 3.54. The lowest BCUT2D eigenvalue weighted by Crippen LogP contribution is -2.05. The van der Waals surface area contributed by atoms with Crippen molar-refractivity contribution in [2.24, 2.45) is 0 Å². The van der Waals surface area contributed by atoms with Gasteiger partial charge in [0.05, 0.1) is 0 Å². The van der Waals surface area contributed by atoms with Crippen LogP contribution in [0.25, 0.3) is 0 Å². The number of carboxylic acid groups (broad SMARTS) is 1. The van der Waals surface area contributed by atoms with E-state index in [1.54, 1.807) is 19.1 Å². The largest absolute Gasteiger partial charge is 0.479 e. The van der Waals surface area contributed by atoms with Crippen molar-refractivity contribution in [3.05, 3.63) is 35.4 Å². The Balaban J connectivity index is 2.95. The van der Waals surface area contributed by atoms with E-state index in [-0.39, 0.29) is 5.56 Å². The van der Waals surface area contributed by atoms with Gasteiger partial charge in [0.15, 0.2) is 0 Å². The van der Waals surface area contributed by atoms with Gasteiger partial charge in [0.1, 0.15) is 0 Å². The maximum absolute atomic E-state index is 12.8. The second-order valence-corrected chi connectivity index (χ2v) is 2.61. The van der Waals surface area contributed by atoms with Crippen LogP contribution in [0.1, 0.15) is 17.3 Å². The molecule has 0 bridgehead atoms. The number of carbonyl (C=O) groups is 1. The van der Waals surface area contributed by atoms with Gasteiger partial charge < -0.3 is 5.11 Å². The summed E-state index contributed by atoms with van der Waals surface area (Å²) in [7, 11) is 0. The summed E-state index contributed by atoms with van der Waals surface area (Å²) in [5.74, 6) is -1.44. The van der Waals surface area contributed by atoms with Crippen molar-refractivity contribution in [2.75, 3.05) is 0 Å². The summed E-state index contributed by atoms with van der Waals surface area (Å²) in [6.45, 7) is 1.79. The lowest BCUT2D eigenvalue weighted by molar-refractivity contribution is -0.143. The molecule has 0 spiro atoms. The third kappa shape index (κ3) is 1.81. The maximum atomic E-state index is 12.8. The molecular weight excluding hydrogens is 159 g/mol. The van der Waals surface area contributed by atoms with E-state index in [0.29, 0.717) is 0 Å². The summed E-state index contributed by atoms with van der Waals surface area (Å²) in [6.07, 6.45) is -1.91. The topological polar surface area (TPSA) is 37.3 Å². The molecule has 1 aromatic rings. The van der Waals surface area contributed by atoms with E-state index in [0.717, 1.165) is 5.56 Å². The number of aliphatic carboxylic acids is 1. The molecule has 3 heteroatoms. The van der Waals surface area contributed by atoms with Crippen LogP contribution in [-0.2, 0) is 4.79 Å². The van der Waals surface area contributed by atoms with Crippen molar-refractivity contribution >= 4 is 5.97 Å². The Morgan fingerprint density at radius 3 is 2.75 bits per heavy atom. The second kappa shape index (κ2) is 3.34. The molecule has 1 N–H and O–H groups in total. The molecule has 0 radical (unpaired) electrons. The van der Waals surface area contributed by atoms with Crippen LogP contribution in [0.15, 0.2) is 24.3 Å². The molecule has 64 valence electrons. The first-order valence-electron chi connectivity index (χ1n) is 3.54. The highest BCUT2D eigenvalue weighted by Crippen LogP contribution is 2.17. The van der Waals surface area contributed by atoms with Crippen molar-refractivity contribution in [2.45, 2.75) is 13.1 Å². The number of aryl methyl sites for hydroxylation is 1. The summed E-state index contributed by atoms with van der Waals surface area (Å²) in [5, 5.41) is 8.35. The predicted octanol–water partition coefficient (Wildman–Crippen LogP) is 2.09. The average molecular weight is 168 g/mol. The quantitative estimate of drug-likeness (QED) is 0.734. The number of alkyl halides is 1. The summed E-state index contributed by atoms with van der Waals surface area (Å²) < 4.78 is 12.8. The molecule has 0 amide bonds. The smallest absolute Gasteiger partial charge is 0.343 e. The standard InChI is InChI=1S/C9H9FO2/c1-6-3-2-4-7(5-6)8(10)9(11)12/h2-5,8H,1H3,(H,11,12). The molecule has 0 saturated heterocycles. The van der Waals surface area contributed by atoms with Crippen LogP contribution in [0.2, 0.25) is 0 Å². The van der Waals surface area contributed by atoms with Gasteiger partial charge in [0.2, 0.25) is 6.17 Å². The lowest BCUT2D eigenvalue weighted by atomic mass is 10.1. The molecule has 0 aliphatic rings. The number of rotatable bonds is 2. The number of carboxylic acids is 1. The third-order valence-electron chi connectivity index (χ3n) is 1.55. The highest BCUT2D eigenvalue weighted by Gasteiger charge is 2.17. The van der Waals surface area contributed by atoms with E-state index in [2.05, 4.69) is 0 Å². The monoisotopic (exact) mass is 168 g/mol. The number of halogens is 1. The van der Waals surface area contributed by atoms with E-state index in [4.69, 9.17) is 5.11 Å². The molecule has 0 fully saturated rings. The lowest BCUT2D eigenvalue weighted by Gasteiger charge is -2.03. The van der Waals surface area contributed by atoms with Crippen LogP contribution in [0.4, 0.5) is 4.39 Å². The Bertz CT molecular complexity index is 296. The van der Waals surface area contributed by atoms with Gasteiger partial charge in [-0.2, -0.15) is 0 Å². The minimum Gasteiger partial charge on any atom is -0.479 e. The summed E-state index contributed by atoms with van der Waals surface area (Å²) >= 11 is 0. The Morgan fingerprint density at radius 1 is 1.58 bits per heavy atom. The average Bonchev–Trinajstić information content (AvgIpc) is 2.03. The Hall–Kier alpha value is -1.38. The molecular formula is C9H9FO2. The summed E-state index contributed by atoms with van der Waals surface area (Å²) in [5.41, 5.74) is 1.05. The van der Waals surface area contributed by atoms with Crippen molar-refractivity contribution in [3.63, 3.8) is 0 Å². The fourth-order valence-corrected chi connectivity index (χ4v) is 0.970. The highest BCUT2D eigenvalue weighted by molar-refractivity contribution is 5.74. The molecule has 1 unspecified atom stereocenters. The molecule has 2 nitrogen and oxygen atoms in total. The molecule has 1 aromatic carbocycles.